The van der Waals surface area contributed by atoms with Crippen molar-refractivity contribution >= 4 is 17.7 Å². The predicted molar refractivity (Wildman–Crippen MR) is 91.8 cm³/mol. The number of nitrogens with one attached hydrogen (secondary N) is 2. The Hall–Kier alpha value is -2.89. The Balaban J connectivity index is 1.80. The Labute approximate surface area is 145 Å². The van der Waals surface area contributed by atoms with E-state index >= 15 is 0 Å². The molecule has 0 spiro atoms. The number of hydrogen-bond acceptors (Lipinski definition) is 3. The van der Waals surface area contributed by atoms with Crippen molar-refractivity contribution < 1.29 is 19.5 Å². The molecule has 0 unspecified atom stereocenters. The number of carbonyl (C=O) groups excluding carboxylic acids is 2. The predicted octanol–water partition coefficient (Wildman–Crippen LogP) is 2.27. The lowest BCUT2D eigenvalue weighted by atomic mass is 9.94. The van der Waals surface area contributed by atoms with E-state index in [1.807, 2.05) is 30.3 Å². The molecule has 0 bridgehead atoms. The van der Waals surface area contributed by atoms with Gasteiger partial charge in [-0.2, -0.15) is 0 Å². The fourth-order valence-electron chi connectivity index (χ4n) is 3.28. The molecule has 25 heavy (non-hydrogen) atoms. The Kier molecular flexibility index (Phi) is 4.70. The van der Waals surface area contributed by atoms with Crippen LogP contribution in [0.3, 0.4) is 0 Å². The molecule has 0 radical (unpaired) electrons. The average molecular weight is 340 g/mol. The Morgan fingerprint density at radius 1 is 1.24 bits per heavy atom. The van der Waals surface area contributed by atoms with Crippen molar-refractivity contribution in [3.63, 3.8) is 0 Å². The molecule has 1 amide bonds. The maximum atomic E-state index is 12.6. The first-order valence-corrected chi connectivity index (χ1v) is 8.29. The highest BCUT2D eigenvalue weighted by Gasteiger charge is 2.28. The summed E-state index contributed by atoms with van der Waals surface area (Å²) in [5.41, 5.74) is 3.06. The van der Waals surface area contributed by atoms with Crippen LogP contribution < -0.4 is 5.32 Å². The van der Waals surface area contributed by atoms with E-state index in [0.29, 0.717) is 17.5 Å². The van der Waals surface area contributed by atoms with Gasteiger partial charge in [-0.05, 0) is 30.9 Å². The SMILES string of the molecule is Cc1c(C(=O)N[C@H](Cc2ccccc2)C(=O)O)[nH]c2c1C(=O)CCC2. The molecule has 1 atom stereocenters. The van der Waals surface area contributed by atoms with Gasteiger partial charge in [0, 0.05) is 24.1 Å². The van der Waals surface area contributed by atoms with Gasteiger partial charge in [0.05, 0.1) is 0 Å². The largest absolute Gasteiger partial charge is 0.480 e. The topological polar surface area (TPSA) is 99.3 Å². The van der Waals surface area contributed by atoms with Crippen LogP contribution in [-0.4, -0.2) is 33.8 Å². The molecule has 1 aromatic carbocycles. The summed E-state index contributed by atoms with van der Waals surface area (Å²) >= 11 is 0. The van der Waals surface area contributed by atoms with E-state index in [4.69, 9.17) is 0 Å². The summed E-state index contributed by atoms with van der Waals surface area (Å²) in [5.74, 6) is -1.56. The molecular weight excluding hydrogens is 320 g/mol. The lowest BCUT2D eigenvalue weighted by Gasteiger charge is -2.14. The number of rotatable bonds is 5. The van der Waals surface area contributed by atoms with Gasteiger partial charge in [0.25, 0.3) is 5.91 Å². The van der Waals surface area contributed by atoms with Crippen molar-refractivity contribution in [1.29, 1.82) is 0 Å². The van der Waals surface area contributed by atoms with E-state index in [9.17, 15) is 19.5 Å². The molecule has 130 valence electrons. The minimum Gasteiger partial charge on any atom is -0.480 e. The Morgan fingerprint density at radius 2 is 1.96 bits per heavy atom. The number of carbonyl (C=O) groups is 3. The van der Waals surface area contributed by atoms with Gasteiger partial charge < -0.3 is 15.4 Å². The van der Waals surface area contributed by atoms with Crippen molar-refractivity contribution in [1.82, 2.24) is 10.3 Å². The second-order valence-corrected chi connectivity index (χ2v) is 6.31. The summed E-state index contributed by atoms with van der Waals surface area (Å²) < 4.78 is 0. The number of aromatic amines is 1. The van der Waals surface area contributed by atoms with Crippen LogP contribution in [-0.2, 0) is 17.6 Å². The van der Waals surface area contributed by atoms with Gasteiger partial charge >= 0.3 is 5.97 Å². The summed E-state index contributed by atoms with van der Waals surface area (Å²) in [5, 5.41) is 12.0. The molecule has 1 aromatic heterocycles. The highest BCUT2D eigenvalue weighted by Crippen LogP contribution is 2.26. The third kappa shape index (κ3) is 3.47. The lowest BCUT2D eigenvalue weighted by Crippen LogP contribution is -2.42. The van der Waals surface area contributed by atoms with Crippen molar-refractivity contribution in [2.24, 2.45) is 0 Å². The molecule has 0 saturated heterocycles. The van der Waals surface area contributed by atoms with E-state index < -0.39 is 17.9 Å². The summed E-state index contributed by atoms with van der Waals surface area (Å²) in [6.07, 6.45) is 2.17. The van der Waals surface area contributed by atoms with Crippen molar-refractivity contribution in [2.75, 3.05) is 0 Å². The summed E-state index contributed by atoms with van der Waals surface area (Å²) in [4.78, 5) is 39.2. The number of Topliss-reactive ketones (excluding diaryl/α,β-unsaturated/α-hetero) is 1. The van der Waals surface area contributed by atoms with Gasteiger partial charge in [-0.15, -0.1) is 0 Å². The van der Waals surface area contributed by atoms with Gasteiger partial charge in [-0.25, -0.2) is 4.79 Å². The number of amides is 1. The summed E-state index contributed by atoms with van der Waals surface area (Å²) in [7, 11) is 0. The highest BCUT2D eigenvalue weighted by atomic mass is 16.4. The van der Waals surface area contributed by atoms with E-state index in [0.717, 1.165) is 24.1 Å². The van der Waals surface area contributed by atoms with Crippen molar-refractivity contribution in [3.05, 3.63) is 58.4 Å². The van der Waals surface area contributed by atoms with Gasteiger partial charge in [0.2, 0.25) is 0 Å². The standard InChI is InChI=1S/C19H20N2O4/c1-11-16-13(8-5-9-15(16)22)20-17(11)18(23)21-14(19(24)25)10-12-6-3-2-4-7-12/h2-4,6-7,14,20H,5,8-10H2,1H3,(H,21,23)(H,24,25)/t14-/m1/s1. The minimum absolute atomic E-state index is 0.0353. The van der Waals surface area contributed by atoms with Crippen LogP contribution in [0.5, 0.6) is 0 Å². The maximum absolute atomic E-state index is 12.6. The number of carboxylic acid groups (broad SMARTS) is 1. The molecule has 6 nitrogen and oxygen atoms in total. The number of ketones is 1. The van der Waals surface area contributed by atoms with Gasteiger partial charge in [0.1, 0.15) is 11.7 Å². The molecular formula is C19H20N2O4. The first-order chi connectivity index (χ1) is 12.0. The summed E-state index contributed by atoms with van der Waals surface area (Å²) in [6, 6.07) is 8.10. The number of benzene rings is 1. The monoisotopic (exact) mass is 340 g/mol. The van der Waals surface area contributed by atoms with Crippen LogP contribution in [0, 0.1) is 6.92 Å². The quantitative estimate of drug-likeness (QED) is 0.777. The van der Waals surface area contributed by atoms with Crippen LogP contribution in [0.25, 0.3) is 0 Å². The number of aryl methyl sites for hydroxylation is 1. The smallest absolute Gasteiger partial charge is 0.326 e. The first kappa shape index (κ1) is 17.0. The first-order valence-electron chi connectivity index (χ1n) is 8.29. The molecule has 1 aliphatic rings. The minimum atomic E-state index is -1.10. The van der Waals surface area contributed by atoms with Crippen LogP contribution in [0.15, 0.2) is 30.3 Å². The number of hydrogen-bond donors (Lipinski definition) is 3. The molecule has 0 fully saturated rings. The van der Waals surface area contributed by atoms with Crippen LogP contribution in [0.2, 0.25) is 0 Å². The molecule has 0 saturated carbocycles. The van der Waals surface area contributed by atoms with E-state index in [1.165, 1.54) is 0 Å². The van der Waals surface area contributed by atoms with E-state index in [2.05, 4.69) is 10.3 Å². The lowest BCUT2D eigenvalue weighted by molar-refractivity contribution is -0.139. The van der Waals surface area contributed by atoms with Gasteiger partial charge in [-0.3, -0.25) is 9.59 Å². The molecule has 3 rings (SSSR count). The van der Waals surface area contributed by atoms with Crippen LogP contribution in [0.4, 0.5) is 0 Å². The molecule has 1 heterocycles. The third-order valence-electron chi connectivity index (χ3n) is 4.55. The van der Waals surface area contributed by atoms with Crippen molar-refractivity contribution in [3.8, 4) is 0 Å². The second kappa shape index (κ2) is 6.93. The van der Waals surface area contributed by atoms with Gasteiger partial charge in [0.15, 0.2) is 5.78 Å². The number of aliphatic carboxylic acids is 1. The average Bonchev–Trinajstić information content (AvgIpc) is 2.93. The highest BCUT2D eigenvalue weighted by molar-refractivity contribution is 6.04. The third-order valence-corrected chi connectivity index (χ3v) is 4.55. The van der Waals surface area contributed by atoms with Crippen LogP contribution in [0.1, 0.15) is 50.5 Å². The molecule has 1 aliphatic carbocycles. The van der Waals surface area contributed by atoms with Crippen molar-refractivity contribution in [2.45, 2.75) is 38.6 Å². The number of fused-ring (bicyclic) bond motifs is 1. The maximum Gasteiger partial charge on any atom is 0.326 e. The molecule has 3 N–H and O–H groups in total. The normalized spacial score (nSPS) is 14.7. The van der Waals surface area contributed by atoms with Gasteiger partial charge in [-0.1, -0.05) is 30.3 Å². The fraction of sp³-hybridized carbons (Fsp3) is 0.316. The molecule has 6 heteroatoms. The zero-order valence-corrected chi connectivity index (χ0v) is 14.0. The summed E-state index contributed by atoms with van der Waals surface area (Å²) in [6.45, 7) is 1.72. The second-order valence-electron chi connectivity index (χ2n) is 6.31. The van der Waals surface area contributed by atoms with E-state index in [1.54, 1.807) is 6.92 Å². The van der Waals surface area contributed by atoms with Crippen LogP contribution >= 0.6 is 0 Å². The fourth-order valence-corrected chi connectivity index (χ4v) is 3.28. The molecule has 0 aliphatic heterocycles. The number of carboxylic acids is 1. The zero-order chi connectivity index (χ0) is 18.0. The molecule has 2 aromatic rings. The zero-order valence-electron chi connectivity index (χ0n) is 14.0. The Morgan fingerprint density at radius 3 is 2.60 bits per heavy atom. The van der Waals surface area contributed by atoms with E-state index in [-0.39, 0.29) is 17.9 Å². The Bertz CT molecular complexity index is 823. The number of aromatic nitrogens is 1. The number of H-pyrrole nitrogens is 1.